The Kier molecular flexibility index (Phi) is 5.25. The van der Waals surface area contributed by atoms with Crippen LogP contribution in [0.25, 0.3) is 0 Å². The molecule has 4 rings (SSSR count). The standard InChI is InChI=1S/C21H21NO5S/c1-14-5-6-17(28-14)13-22(12-16-4-3-7-25-16)21(23)15-10-18(24-2)20-19(11-15)26-8-9-27-20/h3-7,10-11H,8-9,12-13H2,1-2H3. The number of methoxy groups -OCH3 is 1. The lowest BCUT2D eigenvalue weighted by atomic mass is 10.1. The van der Waals surface area contributed by atoms with E-state index in [9.17, 15) is 4.79 Å². The van der Waals surface area contributed by atoms with Gasteiger partial charge in [-0.1, -0.05) is 0 Å². The molecule has 3 aromatic rings. The van der Waals surface area contributed by atoms with Crippen LogP contribution in [0, 0.1) is 6.92 Å². The number of carbonyl (C=O) groups excluding carboxylic acids is 1. The van der Waals surface area contributed by atoms with Crippen molar-refractivity contribution in [3.05, 3.63) is 63.7 Å². The van der Waals surface area contributed by atoms with Gasteiger partial charge >= 0.3 is 0 Å². The smallest absolute Gasteiger partial charge is 0.254 e. The first-order valence-corrected chi connectivity index (χ1v) is 9.80. The number of hydrogen-bond acceptors (Lipinski definition) is 6. The summed E-state index contributed by atoms with van der Waals surface area (Å²) in [5.74, 6) is 2.16. The van der Waals surface area contributed by atoms with Crippen LogP contribution >= 0.6 is 11.3 Å². The Hall–Kier alpha value is -2.93. The van der Waals surface area contributed by atoms with Gasteiger partial charge in [0.05, 0.1) is 26.5 Å². The Balaban J connectivity index is 1.66. The van der Waals surface area contributed by atoms with Crippen LogP contribution < -0.4 is 14.2 Å². The average molecular weight is 399 g/mol. The molecule has 1 aliphatic rings. The highest BCUT2D eigenvalue weighted by molar-refractivity contribution is 7.11. The number of fused-ring (bicyclic) bond motifs is 1. The van der Waals surface area contributed by atoms with Gasteiger partial charge in [-0.25, -0.2) is 0 Å². The van der Waals surface area contributed by atoms with Crippen LogP contribution in [0.15, 0.2) is 47.1 Å². The molecule has 0 saturated heterocycles. The number of benzene rings is 1. The second-order valence-electron chi connectivity index (χ2n) is 6.46. The molecule has 1 aromatic carbocycles. The lowest BCUT2D eigenvalue weighted by Crippen LogP contribution is -2.30. The van der Waals surface area contributed by atoms with Crippen LogP contribution in [0.5, 0.6) is 17.2 Å². The zero-order valence-corrected chi connectivity index (χ0v) is 16.6. The van der Waals surface area contributed by atoms with Gasteiger partial charge in [-0.2, -0.15) is 0 Å². The van der Waals surface area contributed by atoms with Crippen molar-refractivity contribution in [2.75, 3.05) is 20.3 Å². The van der Waals surface area contributed by atoms with Gasteiger partial charge in [0.2, 0.25) is 5.75 Å². The topological polar surface area (TPSA) is 61.1 Å². The molecule has 0 atom stereocenters. The number of thiophene rings is 1. The summed E-state index contributed by atoms with van der Waals surface area (Å²) in [5.41, 5.74) is 0.487. The van der Waals surface area contributed by atoms with Gasteiger partial charge in [-0.15, -0.1) is 11.3 Å². The van der Waals surface area contributed by atoms with Gasteiger partial charge < -0.3 is 23.5 Å². The lowest BCUT2D eigenvalue weighted by molar-refractivity contribution is 0.0717. The molecule has 146 valence electrons. The molecule has 6 nitrogen and oxygen atoms in total. The number of ether oxygens (including phenoxy) is 3. The summed E-state index contributed by atoms with van der Waals surface area (Å²) in [6, 6.07) is 11.2. The molecule has 0 unspecified atom stereocenters. The molecular formula is C21H21NO5S. The minimum Gasteiger partial charge on any atom is -0.493 e. The number of amides is 1. The first kappa shape index (κ1) is 18.4. The molecule has 7 heteroatoms. The largest absolute Gasteiger partial charge is 0.493 e. The second kappa shape index (κ2) is 7.98. The summed E-state index contributed by atoms with van der Waals surface area (Å²) in [7, 11) is 1.55. The summed E-state index contributed by atoms with van der Waals surface area (Å²) < 4.78 is 22.2. The normalized spacial score (nSPS) is 12.6. The van der Waals surface area contributed by atoms with Crippen LogP contribution in [0.3, 0.4) is 0 Å². The predicted octanol–water partition coefficient (Wildman–Crippen LogP) is 4.27. The Morgan fingerprint density at radius 1 is 1.18 bits per heavy atom. The fourth-order valence-corrected chi connectivity index (χ4v) is 4.03. The van der Waals surface area contributed by atoms with Gasteiger partial charge in [0, 0.05) is 15.3 Å². The van der Waals surface area contributed by atoms with E-state index in [4.69, 9.17) is 18.6 Å². The average Bonchev–Trinajstić information content (AvgIpc) is 3.37. The Labute approximate surface area is 167 Å². The minimum absolute atomic E-state index is 0.127. The van der Waals surface area contributed by atoms with E-state index in [-0.39, 0.29) is 5.91 Å². The van der Waals surface area contributed by atoms with Gasteiger partial charge in [0.15, 0.2) is 11.5 Å². The molecule has 1 amide bonds. The molecule has 0 bridgehead atoms. The van der Waals surface area contributed by atoms with Crippen molar-refractivity contribution in [3.63, 3.8) is 0 Å². The van der Waals surface area contributed by atoms with Crippen molar-refractivity contribution in [3.8, 4) is 17.2 Å². The highest BCUT2D eigenvalue weighted by Crippen LogP contribution is 2.40. The van der Waals surface area contributed by atoms with Crippen LogP contribution in [0.2, 0.25) is 0 Å². The van der Waals surface area contributed by atoms with Crippen molar-refractivity contribution < 1.29 is 23.4 Å². The molecule has 0 aliphatic carbocycles. The monoisotopic (exact) mass is 399 g/mol. The molecule has 3 heterocycles. The van der Waals surface area contributed by atoms with E-state index in [0.717, 1.165) is 10.6 Å². The van der Waals surface area contributed by atoms with E-state index in [1.54, 1.807) is 41.7 Å². The van der Waals surface area contributed by atoms with Crippen LogP contribution in [0.4, 0.5) is 0 Å². The molecule has 2 aromatic heterocycles. The molecule has 0 N–H and O–H groups in total. The fraction of sp³-hybridized carbons (Fsp3) is 0.286. The third-order valence-electron chi connectivity index (χ3n) is 4.43. The van der Waals surface area contributed by atoms with E-state index >= 15 is 0 Å². The molecular weight excluding hydrogens is 378 g/mol. The van der Waals surface area contributed by atoms with E-state index in [1.807, 2.05) is 18.2 Å². The summed E-state index contributed by atoms with van der Waals surface area (Å²) in [4.78, 5) is 17.5. The maximum absolute atomic E-state index is 13.4. The number of furan rings is 1. The van der Waals surface area contributed by atoms with E-state index < -0.39 is 0 Å². The van der Waals surface area contributed by atoms with Crippen molar-refractivity contribution in [1.29, 1.82) is 0 Å². The first-order valence-electron chi connectivity index (χ1n) is 8.98. The van der Waals surface area contributed by atoms with Crippen LogP contribution in [-0.4, -0.2) is 31.1 Å². The molecule has 0 fully saturated rings. The number of carbonyl (C=O) groups is 1. The summed E-state index contributed by atoms with van der Waals surface area (Å²) in [6.45, 7) is 3.82. The highest BCUT2D eigenvalue weighted by Gasteiger charge is 2.24. The molecule has 0 saturated carbocycles. The fourth-order valence-electron chi connectivity index (χ4n) is 3.13. The maximum Gasteiger partial charge on any atom is 0.254 e. The SMILES string of the molecule is COc1cc(C(=O)N(Cc2ccco2)Cc2ccc(C)s2)cc2c1OCCO2. The van der Waals surface area contributed by atoms with Crippen molar-refractivity contribution in [2.45, 2.75) is 20.0 Å². The zero-order chi connectivity index (χ0) is 19.5. The maximum atomic E-state index is 13.4. The highest BCUT2D eigenvalue weighted by atomic mass is 32.1. The van der Waals surface area contributed by atoms with Crippen LogP contribution in [0.1, 0.15) is 25.9 Å². The summed E-state index contributed by atoms with van der Waals surface area (Å²) >= 11 is 1.68. The van der Waals surface area contributed by atoms with Crippen molar-refractivity contribution >= 4 is 17.2 Å². The molecule has 1 aliphatic heterocycles. The summed E-state index contributed by atoms with van der Waals surface area (Å²) in [5, 5.41) is 0. The molecule has 28 heavy (non-hydrogen) atoms. The Bertz CT molecular complexity index is 946. The van der Waals surface area contributed by atoms with Crippen molar-refractivity contribution in [1.82, 2.24) is 4.90 Å². The lowest BCUT2D eigenvalue weighted by Gasteiger charge is -2.24. The predicted molar refractivity (Wildman–Crippen MR) is 105 cm³/mol. The third-order valence-corrected chi connectivity index (χ3v) is 5.42. The quantitative estimate of drug-likeness (QED) is 0.619. The van der Waals surface area contributed by atoms with Gasteiger partial charge in [-0.3, -0.25) is 4.79 Å². The molecule has 0 radical (unpaired) electrons. The van der Waals surface area contributed by atoms with E-state index in [2.05, 4.69) is 13.0 Å². The summed E-state index contributed by atoms with van der Waals surface area (Å²) in [6.07, 6.45) is 1.61. The van der Waals surface area contributed by atoms with Crippen LogP contribution in [-0.2, 0) is 13.1 Å². The zero-order valence-electron chi connectivity index (χ0n) is 15.8. The minimum atomic E-state index is -0.127. The van der Waals surface area contributed by atoms with E-state index in [0.29, 0.717) is 49.1 Å². The number of rotatable bonds is 6. The van der Waals surface area contributed by atoms with Gasteiger partial charge in [-0.05, 0) is 43.3 Å². The second-order valence-corrected chi connectivity index (χ2v) is 7.83. The Morgan fingerprint density at radius 2 is 2.04 bits per heavy atom. The number of nitrogens with zero attached hydrogens (tertiary/aromatic N) is 1. The first-order chi connectivity index (χ1) is 13.6. The van der Waals surface area contributed by atoms with Gasteiger partial charge in [0.1, 0.15) is 19.0 Å². The third kappa shape index (κ3) is 3.84. The van der Waals surface area contributed by atoms with Crippen molar-refractivity contribution in [2.24, 2.45) is 0 Å². The number of hydrogen-bond donors (Lipinski definition) is 0. The van der Waals surface area contributed by atoms with Gasteiger partial charge in [0.25, 0.3) is 5.91 Å². The number of aryl methyl sites for hydroxylation is 1. The Morgan fingerprint density at radius 3 is 2.75 bits per heavy atom. The molecule has 0 spiro atoms. The van der Waals surface area contributed by atoms with E-state index in [1.165, 1.54) is 4.88 Å².